The van der Waals surface area contributed by atoms with Crippen molar-refractivity contribution in [1.82, 2.24) is 9.97 Å². The average molecular weight is 343 g/mol. The van der Waals surface area contributed by atoms with E-state index in [2.05, 4.69) is 33.6 Å². The Morgan fingerprint density at radius 3 is 2.50 bits per heavy atom. The standard InChI is InChI=1S/C20H17N5O/c1-2-15-5-3-4-6-17(15)25-19-13-22-18(12-23-19)20(26)24-16-9-7-14(11-21)8-10-16/h3-10,12-13H,2H2,1H3,(H,23,25)(H,24,26). The second-order valence-electron chi connectivity index (χ2n) is 5.57. The van der Waals surface area contributed by atoms with Crippen LogP contribution in [-0.2, 0) is 6.42 Å². The molecule has 0 aliphatic carbocycles. The predicted molar refractivity (Wildman–Crippen MR) is 100 cm³/mol. The van der Waals surface area contributed by atoms with E-state index in [1.165, 1.54) is 18.0 Å². The number of anilines is 3. The number of nitrogens with one attached hydrogen (secondary N) is 2. The van der Waals surface area contributed by atoms with Crippen LogP contribution in [0.4, 0.5) is 17.2 Å². The highest BCUT2D eigenvalue weighted by Gasteiger charge is 2.09. The summed E-state index contributed by atoms with van der Waals surface area (Å²) in [6.07, 6.45) is 3.86. The van der Waals surface area contributed by atoms with Gasteiger partial charge in [0.05, 0.1) is 24.0 Å². The van der Waals surface area contributed by atoms with E-state index in [0.29, 0.717) is 17.1 Å². The number of hydrogen-bond acceptors (Lipinski definition) is 5. The molecule has 0 fully saturated rings. The molecule has 0 saturated heterocycles. The van der Waals surface area contributed by atoms with Crippen LogP contribution in [0.1, 0.15) is 28.5 Å². The quantitative estimate of drug-likeness (QED) is 0.733. The molecule has 0 atom stereocenters. The topological polar surface area (TPSA) is 90.7 Å². The first-order chi connectivity index (χ1) is 12.7. The summed E-state index contributed by atoms with van der Waals surface area (Å²) in [4.78, 5) is 20.7. The Kier molecular flexibility index (Phi) is 5.20. The van der Waals surface area contributed by atoms with Gasteiger partial charge >= 0.3 is 0 Å². The van der Waals surface area contributed by atoms with E-state index < -0.39 is 0 Å². The number of carbonyl (C=O) groups excluding carboxylic acids is 1. The predicted octanol–water partition coefficient (Wildman–Crippen LogP) is 3.91. The van der Waals surface area contributed by atoms with Crippen molar-refractivity contribution >= 4 is 23.1 Å². The van der Waals surface area contributed by atoms with Crippen LogP contribution in [0.3, 0.4) is 0 Å². The van der Waals surface area contributed by atoms with Crippen molar-refractivity contribution in [3.05, 3.63) is 77.7 Å². The molecule has 0 spiro atoms. The van der Waals surface area contributed by atoms with Gasteiger partial charge in [-0.2, -0.15) is 5.26 Å². The van der Waals surface area contributed by atoms with Gasteiger partial charge in [-0.1, -0.05) is 25.1 Å². The third-order valence-electron chi connectivity index (χ3n) is 3.82. The smallest absolute Gasteiger partial charge is 0.275 e. The molecule has 0 aliphatic rings. The van der Waals surface area contributed by atoms with Gasteiger partial charge in [-0.05, 0) is 42.3 Å². The lowest BCUT2D eigenvalue weighted by Crippen LogP contribution is -2.14. The van der Waals surface area contributed by atoms with E-state index in [9.17, 15) is 4.79 Å². The lowest BCUT2D eigenvalue weighted by molar-refractivity contribution is 0.102. The molecule has 6 nitrogen and oxygen atoms in total. The number of nitrogens with zero attached hydrogens (tertiary/aromatic N) is 3. The molecule has 1 aromatic heterocycles. The minimum absolute atomic E-state index is 0.212. The lowest BCUT2D eigenvalue weighted by atomic mass is 10.1. The number of rotatable bonds is 5. The summed E-state index contributed by atoms with van der Waals surface area (Å²) in [5.74, 6) is 0.212. The van der Waals surface area contributed by atoms with Crippen molar-refractivity contribution in [1.29, 1.82) is 5.26 Å². The van der Waals surface area contributed by atoms with Crippen LogP contribution in [-0.4, -0.2) is 15.9 Å². The van der Waals surface area contributed by atoms with Gasteiger partial charge in [0.15, 0.2) is 0 Å². The number of para-hydroxylation sites is 1. The van der Waals surface area contributed by atoms with Crippen molar-refractivity contribution in [3.8, 4) is 6.07 Å². The fourth-order valence-electron chi connectivity index (χ4n) is 2.42. The number of aromatic nitrogens is 2. The first kappa shape index (κ1) is 17.1. The molecule has 3 rings (SSSR count). The number of carbonyl (C=O) groups is 1. The van der Waals surface area contributed by atoms with Crippen LogP contribution in [0.15, 0.2) is 60.9 Å². The highest BCUT2D eigenvalue weighted by Crippen LogP contribution is 2.19. The van der Waals surface area contributed by atoms with Crippen molar-refractivity contribution in [2.75, 3.05) is 10.6 Å². The highest BCUT2D eigenvalue weighted by atomic mass is 16.1. The molecule has 1 amide bonds. The van der Waals surface area contributed by atoms with Crippen molar-refractivity contribution in [2.24, 2.45) is 0 Å². The second kappa shape index (κ2) is 7.90. The van der Waals surface area contributed by atoms with Crippen LogP contribution >= 0.6 is 0 Å². The molecule has 2 N–H and O–H groups in total. The van der Waals surface area contributed by atoms with E-state index >= 15 is 0 Å². The Labute approximate surface area is 151 Å². The van der Waals surface area contributed by atoms with Gasteiger partial charge in [-0.3, -0.25) is 4.79 Å². The summed E-state index contributed by atoms with van der Waals surface area (Å²) in [5, 5.41) is 14.7. The minimum Gasteiger partial charge on any atom is -0.339 e. The number of nitriles is 1. The summed E-state index contributed by atoms with van der Waals surface area (Å²) in [5.41, 5.74) is 3.49. The maximum absolute atomic E-state index is 12.2. The molecular weight excluding hydrogens is 326 g/mol. The van der Waals surface area contributed by atoms with Crippen molar-refractivity contribution in [2.45, 2.75) is 13.3 Å². The van der Waals surface area contributed by atoms with E-state index in [-0.39, 0.29) is 11.6 Å². The number of hydrogen-bond donors (Lipinski definition) is 2. The van der Waals surface area contributed by atoms with Crippen LogP contribution < -0.4 is 10.6 Å². The van der Waals surface area contributed by atoms with Crippen LogP contribution in [0.2, 0.25) is 0 Å². The molecule has 0 saturated carbocycles. The Morgan fingerprint density at radius 2 is 1.85 bits per heavy atom. The van der Waals surface area contributed by atoms with E-state index in [1.54, 1.807) is 24.3 Å². The van der Waals surface area contributed by atoms with Crippen molar-refractivity contribution < 1.29 is 4.79 Å². The molecule has 6 heteroatoms. The fraction of sp³-hybridized carbons (Fsp3) is 0.100. The zero-order chi connectivity index (χ0) is 18.4. The molecule has 0 aliphatic heterocycles. The number of benzene rings is 2. The van der Waals surface area contributed by atoms with Gasteiger partial charge in [-0.25, -0.2) is 9.97 Å². The second-order valence-corrected chi connectivity index (χ2v) is 5.57. The molecule has 0 bridgehead atoms. The third kappa shape index (κ3) is 4.02. The monoisotopic (exact) mass is 343 g/mol. The minimum atomic E-state index is -0.359. The summed E-state index contributed by atoms with van der Waals surface area (Å²) in [7, 11) is 0. The first-order valence-electron chi connectivity index (χ1n) is 8.18. The Hall–Kier alpha value is -3.72. The van der Waals surface area contributed by atoms with Gasteiger partial charge in [0.1, 0.15) is 11.5 Å². The molecule has 128 valence electrons. The Balaban J connectivity index is 1.68. The fourth-order valence-corrected chi connectivity index (χ4v) is 2.42. The van der Waals surface area contributed by atoms with Gasteiger partial charge in [0.25, 0.3) is 5.91 Å². The lowest BCUT2D eigenvalue weighted by Gasteiger charge is -2.10. The molecule has 0 radical (unpaired) electrons. The zero-order valence-electron chi connectivity index (χ0n) is 14.2. The first-order valence-corrected chi connectivity index (χ1v) is 8.18. The van der Waals surface area contributed by atoms with E-state index in [0.717, 1.165) is 12.1 Å². The van der Waals surface area contributed by atoms with Crippen LogP contribution in [0, 0.1) is 11.3 Å². The largest absolute Gasteiger partial charge is 0.339 e. The maximum Gasteiger partial charge on any atom is 0.275 e. The van der Waals surface area contributed by atoms with Crippen LogP contribution in [0.5, 0.6) is 0 Å². The van der Waals surface area contributed by atoms with E-state index in [4.69, 9.17) is 5.26 Å². The molecule has 3 aromatic rings. The molecule has 1 heterocycles. The Bertz CT molecular complexity index is 943. The van der Waals surface area contributed by atoms with Gasteiger partial charge in [0, 0.05) is 11.4 Å². The van der Waals surface area contributed by atoms with Gasteiger partial charge in [-0.15, -0.1) is 0 Å². The SMILES string of the molecule is CCc1ccccc1Nc1cnc(C(=O)Nc2ccc(C#N)cc2)cn1. The normalized spacial score (nSPS) is 10.0. The summed E-state index contributed by atoms with van der Waals surface area (Å²) < 4.78 is 0. The van der Waals surface area contributed by atoms with Gasteiger partial charge < -0.3 is 10.6 Å². The molecular formula is C20H17N5O. The summed E-state index contributed by atoms with van der Waals surface area (Å²) >= 11 is 0. The average Bonchev–Trinajstić information content (AvgIpc) is 2.69. The zero-order valence-corrected chi connectivity index (χ0v) is 14.2. The Morgan fingerprint density at radius 1 is 1.08 bits per heavy atom. The van der Waals surface area contributed by atoms with E-state index in [1.807, 2.05) is 24.3 Å². The van der Waals surface area contributed by atoms with Crippen molar-refractivity contribution in [3.63, 3.8) is 0 Å². The molecule has 0 unspecified atom stereocenters. The number of aryl methyl sites for hydroxylation is 1. The summed E-state index contributed by atoms with van der Waals surface area (Å²) in [6, 6.07) is 16.6. The highest BCUT2D eigenvalue weighted by molar-refractivity contribution is 6.02. The molecule has 2 aromatic carbocycles. The van der Waals surface area contributed by atoms with Crippen LogP contribution in [0.25, 0.3) is 0 Å². The summed E-state index contributed by atoms with van der Waals surface area (Å²) in [6.45, 7) is 2.09. The third-order valence-corrected chi connectivity index (χ3v) is 3.82. The maximum atomic E-state index is 12.2. The van der Waals surface area contributed by atoms with Gasteiger partial charge in [0.2, 0.25) is 0 Å². The molecule has 26 heavy (non-hydrogen) atoms. The number of amides is 1.